The Morgan fingerprint density at radius 1 is 1.00 bits per heavy atom. The molecule has 1 aliphatic rings. The first kappa shape index (κ1) is 13.8. The van der Waals surface area contributed by atoms with Crippen molar-refractivity contribution in [1.82, 2.24) is 10.2 Å². The van der Waals surface area contributed by atoms with E-state index >= 15 is 0 Å². The lowest BCUT2D eigenvalue weighted by Gasteiger charge is -2.04. The number of aryl methyl sites for hydroxylation is 1. The van der Waals surface area contributed by atoms with Crippen LogP contribution < -0.4 is 5.32 Å². The quantitative estimate of drug-likeness (QED) is 0.615. The molecule has 2 aromatic carbocycles. The van der Waals surface area contributed by atoms with Gasteiger partial charge < -0.3 is 0 Å². The Labute approximate surface area is 136 Å². The Balaban J connectivity index is 1.69. The number of nitrogens with one attached hydrogen (secondary N) is 1. The van der Waals surface area contributed by atoms with Gasteiger partial charge in [-0.2, -0.15) is 0 Å². The first-order chi connectivity index (χ1) is 11.1. The van der Waals surface area contributed by atoms with Crippen molar-refractivity contribution in [3.63, 3.8) is 0 Å². The van der Waals surface area contributed by atoms with Crippen molar-refractivity contribution in [2.75, 3.05) is 5.32 Å². The molecule has 1 aromatic heterocycles. The van der Waals surface area contributed by atoms with Gasteiger partial charge in [0.05, 0.1) is 0 Å². The third kappa shape index (κ3) is 2.24. The van der Waals surface area contributed by atoms with Crippen LogP contribution in [0.3, 0.4) is 0 Å². The van der Waals surface area contributed by atoms with E-state index in [1.807, 2.05) is 31.2 Å². The van der Waals surface area contributed by atoms with Crippen molar-refractivity contribution in [3.05, 3.63) is 64.2 Å². The number of anilines is 1. The van der Waals surface area contributed by atoms with Gasteiger partial charge in [0.25, 0.3) is 5.91 Å². The smallest absolute Gasteiger partial charge is 0.257 e. The van der Waals surface area contributed by atoms with Crippen LogP contribution in [0.15, 0.2) is 42.5 Å². The minimum Gasteiger partial charge on any atom is -0.296 e. The molecule has 112 valence electrons. The maximum atomic E-state index is 12.5. The van der Waals surface area contributed by atoms with Crippen molar-refractivity contribution >= 4 is 28.2 Å². The SMILES string of the molecule is Cc1nnc(NC(=O)c2ccc3c(c2)C(=O)c2ccccc2-3)s1. The minimum atomic E-state index is -0.298. The van der Waals surface area contributed by atoms with Crippen LogP contribution in [0, 0.1) is 6.92 Å². The number of carbonyl (C=O) groups excluding carboxylic acids is 2. The summed E-state index contributed by atoms with van der Waals surface area (Å²) in [6.45, 7) is 1.82. The normalized spacial score (nSPS) is 12.0. The molecular weight excluding hydrogens is 310 g/mol. The number of amides is 1. The summed E-state index contributed by atoms with van der Waals surface area (Å²) < 4.78 is 0. The molecule has 0 unspecified atom stereocenters. The topological polar surface area (TPSA) is 72.0 Å². The van der Waals surface area contributed by atoms with Gasteiger partial charge in [-0.25, -0.2) is 0 Å². The molecule has 1 heterocycles. The van der Waals surface area contributed by atoms with Crippen molar-refractivity contribution < 1.29 is 9.59 Å². The van der Waals surface area contributed by atoms with Crippen LogP contribution in [0.25, 0.3) is 11.1 Å². The molecule has 1 N–H and O–H groups in total. The van der Waals surface area contributed by atoms with Gasteiger partial charge in [-0.15, -0.1) is 10.2 Å². The molecule has 4 rings (SSSR count). The van der Waals surface area contributed by atoms with Crippen molar-refractivity contribution in [1.29, 1.82) is 0 Å². The van der Waals surface area contributed by atoms with E-state index in [0.717, 1.165) is 16.1 Å². The number of carbonyl (C=O) groups is 2. The molecule has 5 nitrogen and oxygen atoms in total. The average molecular weight is 321 g/mol. The summed E-state index contributed by atoms with van der Waals surface area (Å²) in [6, 6.07) is 12.6. The molecule has 1 amide bonds. The van der Waals surface area contributed by atoms with Crippen LogP contribution in [0.4, 0.5) is 5.13 Å². The molecule has 0 bridgehead atoms. The van der Waals surface area contributed by atoms with Gasteiger partial charge in [0.1, 0.15) is 5.01 Å². The van der Waals surface area contributed by atoms with E-state index in [2.05, 4.69) is 15.5 Å². The Morgan fingerprint density at radius 3 is 2.48 bits per heavy atom. The van der Waals surface area contributed by atoms with Gasteiger partial charge in [-0.1, -0.05) is 41.7 Å². The fourth-order valence-electron chi connectivity index (χ4n) is 2.69. The van der Waals surface area contributed by atoms with Gasteiger partial charge >= 0.3 is 0 Å². The minimum absolute atomic E-state index is 0.0444. The number of nitrogens with zero attached hydrogens (tertiary/aromatic N) is 2. The summed E-state index contributed by atoms with van der Waals surface area (Å²) >= 11 is 1.31. The summed E-state index contributed by atoms with van der Waals surface area (Å²) in [5.74, 6) is -0.343. The van der Waals surface area contributed by atoms with Gasteiger partial charge in [0.15, 0.2) is 5.78 Å². The number of aromatic nitrogens is 2. The van der Waals surface area contributed by atoms with Crippen LogP contribution in [-0.4, -0.2) is 21.9 Å². The zero-order valence-corrected chi connectivity index (χ0v) is 13.0. The lowest BCUT2D eigenvalue weighted by atomic mass is 10.0. The molecular formula is C17H11N3O2S. The molecule has 0 aliphatic heterocycles. The van der Waals surface area contributed by atoms with E-state index in [0.29, 0.717) is 21.8 Å². The lowest BCUT2D eigenvalue weighted by molar-refractivity contribution is 0.102. The Hall–Kier alpha value is -2.86. The zero-order valence-electron chi connectivity index (χ0n) is 12.2. The predicted octanol–water partition coefficient (Wildman–Crippen LogP) is 3.31. The van der Waals surface area contributed by atoms with Crippen LogP contribution in [0.5, 0.6) is 0 Å². The highest BCUT2D eigenvalue weighted by Gasteiger charge is 2.27. The first-order valence-corrected chi connectivity index (χ1v) is 7.85. The van der Waals surface area contributed by atoms with Crippen molar-refractivity contribution in [2.24, 2.45) is 0 Å². The third-order valence-electron chi connectivity index (χ3n) is 3.73. The van der Waals surface area contributed by atoms with E-state index in [1.165, 1.54) is 11.3 Å². The number of rotatable bonds is 2. The molecule has 0 fully saturated rings. The number of ketones is 1. The van der Waals surface area contributed by atoms with Crippen LogP contribution >= 0.6 is 11.3 Å². The molecule has 0 saturated heterocycles. The zero-order chi connectivity index (χ0) is 16.0. The van der Waals surface area contributed by atoms with E-state index in [9.17, 15) is 9.59 Å². The lowest BCUT2D eigenvalue weighted by Crippen LogP contribution is -2.12. The average Bonchev–Trinajstić information content (AvgIpc) is 3.10. The number of hydrogen-bond acceptors (Lipinski definition) is 5. The molecule has 23 heavy (non-hydrogen) atoms. The fraction of sp³-hybridized carbons (Fsp3) is 0.0588. The summed E-state index contributed by atoms with van der Waals surface area (Å²) in [4.78, 5) is 24.8. The standard InChI is InChI=1S/C17H11N3O2S/c1-9-19-20-17(23-9)18-16(22)10-6-7-12-11-4-2-3-5-13(11)15(21)14(12)8-10/h2-8H,1H3,(H,18,20,22). The Bertz CT molecular complexity index is 962. The summed E-state index contributed by atoms with van der Waals surface area (Å²) in [6.07, 6.45) is 0. The monoisotopic (exact) mass is 321 g/mol. The molecule has 0 radical (unpaired) electrons. The van der Waals surface area contributed by atoms with Crippen molar-refractivity contribution in [2.45, 2.75) is 6.92 Å². The largest absolute Gasteiger partial charge is 0.296 e. The molecule has 3 aromatic rings. The summed E-state index contributed by atoms with van der Waals surface area (Å²) in [7, 11) is 0. The van der Waals surface area contributed by atoms with Gasteiger partial charge in [0, 0.05) is 16.7 Å². The first-order valence-electron chi connectivity index (χ1n) is 7.03. The van der Waals surface area contributed by atoms with Gasteiger partial charge in [0.2, 0.25) is 5.13 Å². The predicted molar refractivity (Wildman–Crippen MR) is 87.9 cm³/mol. The molecule has 0 saturated carbocycles. The highest BCUT2D eigenvalue weighted by atomic mass is 32.1. The second-order valence-corrected chi connectivity index (χ2v) is 6.40. The van der Waals surface area contributed by atoms with E-state index in [1.54, 1.807) is 18.2 Å². The highest BCUT2D eigenvalue weighted by molar-refractivity contribution is 7.15. The van der Waals surface area contributed by atoms with Crippen molar-refractivity contribution in [3.8, 4) is 11.1 Å². The fourth-order valence-corrected chi connectivity index (χ4v) is 3.27. The van der Waals surface area contributed by atoms with E-state index in [-0.39, 0.29) is 11.7 Å². The maximum Gasteiger partial charge on any atom is 0.257 e. The molecule has 6 heteroatoms. The number of hydrogen-bond donors (Lipinski definition) is 1. The second kappa shape index (κ2) is 5.10. The van der Waals surface area contributed by atoms with Crippen LogP contribution in [0.2, 0.25) is 0 Å². The Kier molecular flexibility index (Phi) is 3.06. The third-order valence-corrected chi connectivity index (χ3v) is 4.49. The summed E-state index contributed by atoms with van der Waals surface area (Å²) in [5.41, 5.74) is 3.46. The molecule has 0 spiro atoms. The van der Waals surface area contributed by atoms with Gasteiger partial charge in [-0.05, 0) is 30.2 Å². The van der Waals surface area contributed by atoms with Gasteiger partial charge in [-0.3, -0.25) is 14.9 Å². The van der Waals surface area contributed by atoms with Crippen LogP contribution in [-0.2, 0) is 0 Å². The highest BCUT2D eigenvalue weighted by Crippen LogP contribution is 2.36. The number of fused-ring (bicyclic) bond motifs is 3. The number of benzene rings is 2. The summed E-state index contributed by atoms with van der Waals surface area (Å²) in [5, 5.41) is 11.7. The van der Waals surface area contributed by atoms with E-state index in [4.69, 9.17) is 0 Å². The molecule has 0 atom stereocenters. The molecule has 1 aliphatic carbocycles. The Morgan fingerprint density at radius 2 is 1.74 bits per heavy atom. The van der Waals surface area contributed by atoms with E-state index < -0.39 is 0 Å². The maximum absolute atomic E-state index is 12.5. The second-order valence-electron chi connectivity index (χ2n) is 5.22. The van der Waals surface area contributed by atoms with Crippen LogP contribution in [0.1, 0.15) is 31.3 Å².